The van der Waals surface area contributed by atoms with E-state index in [0.717, 1.165) is 0 Å². The van der Waals surface area contributed by atoms with E-state index < -0.39 is 23.1 Å². The van der Waals surface area contributed by atoms with Crippen LogP contribution in [0.5, 0.6) is 0 Å². The van der Waals surface area contributed by atoms with Crippen molar-refractivity contribution in [2.24, 2.45) is 5.92 Å². The quantitative estimate of drug-likeness (QED) is 0.734. The minimum atomic E-state index is -1.16. The van der Waals surface area contributed by atoms with Gasteiger partial charge in [0.2, 0.25) is 0 Å². The molecule has 0 rings (SSSR count). The lowest BCUT2D eigenvalue weighted by molar-refractivity contribution is -0.172. The maximum absolute atomic E-state index is 11.8. The first-order valence-electron chi connectivity index (χ1n) is 5.60. The summed E-state index contributed by atoms with van der Waals surface area (Å²) in [5.74, 6) is -0.995. The standard InChI is InChI=1S/C12H24O4/c1-7-12(14,8-15-6)9(2)10(13)16-11(3,4)5/h9,14H,7-8H2,1-6H3. The van der Waals surface area contributed by atoms with Gasteiger partial charge in [-0.1, -0.05) is 6.92 Å². The van der Waals surface area contributed by atoms with Gasteiger partial charge in [0.05, 0.1) is 12.5 Å². The van der Waals surface area contributed by atoms with Gasteiger partial charge in [0.1, 0.15) is 11.2 Å². The third-order valence-electron chi connectivity index (χ3n) is 2.57. The molecule has 0 aromatic heterocycles. The fraction of sp³-hybridized carbons (Fsp3) is 0.917. The summed E-state index contributed by atoms with van der Waals surface area (Å²) in [7, 11) is 1.50. The van der Waals surface area contributed by atoms with Crippen LogP contribution in [0.15, 0.2) is 0 Å². The van der Waals surface area contributed by atoms with E-state index in [2.05, 4.69) is 0 Å². The van der Waals surface area contributed by atoms with E-state index in [1.807, 2.05) is 6.92 Å². The predicted octanol–water partition coefficient (Wildman–Crippen LogP) is 1.75. The number of hydrogen-bond donors (Lipinski definition) is 1. The SMILES string of the molecule is CCC(O)(COC)C(C)C(=O)OC(C)(C)C. The average Bonchev–Trinajstić information content (AvgIpc) is 2.14. The Kier molecular flexibility index (Phi) is 5.42. The third-order valence-corrected chi connectivity index (χ3v) is 2.57. The normalized spacial score (nSPS) is 17.7. The lowest BCUT2D eigenvalue weighted by Gasteiger charge is -2.33. The minimum absolute atomic E-state index is 0.129. The van der Waals surface area contributed by atoms with Crippen LogP contribution in [0.1, 0.15) is 41.0 Å². The van der Waals surface area contributed by atoms with Crippen molar-refractivity contribution >= 4 is 5.97 Å². The van der Waals surface area contributed by atoms with Crippen molar-refractivity contribution in [3.63, 3.8) is 0 Å². The average molecular weight is 232 g/mol. The molecule has 2 unspecified atom stereocenters. The Morgan fingerprint density at radius 2 is 1.88 bits per heavy atom. The van der Waals surface area contributed by atoms with E-state index in [-0.39, 0.29) is 6.61 Å². The van der Waals surface area contributed by atoms with Gasteiger partial charge < -0.3 is 14.6 Å². The molecule has 4 heteroatoms. The number of esters is 1. The van der Waals surface area contributed by atoms with Crippen molar-refractivity contribution in [1.82, 2.24) is 0 Å². The van der Waals surface area contributed by atoms with Crippen molar-refractivity contribution < 1.29 is 19.4 Å². The second-order valence-corrected chi connectivity index (χ2v) is 5.15. The largest absolute Gasteiger partial charge is 0.460 e. The Bertz CT molecular complexity index is 232. The highest BCUT2D eigenvalue weighted by Gasteiger charge is 2.39. The number of carbonyl (C=O) groups excluding carboxylic acids is 1. The van der Waals surface area contributed by atoms with Crippen molar-refractivity contribution in [1.29, 1.82) is 0 Å². The van der Waals surface area contributed by atoms with E-state index in [1.54, 1.807) is 27.7 Å². The van der Waals surface area contributed by atoms with Crippen molar-refractivity contribution in [3.05, 3.63) is 0 Å². The van der Waals surface area contributed by atoms with Crippen molar-refractivity contribution in [2.45, 2.75) is 52.2 Å². The van der Waals surface area contributed by atoms with Gasteiger partial charge in [-0.15, -0.1) is 0 Å². The molecule has 0 aromatic carbocycles. The molecule has 0 fully saturated rings. The Hall–Kier alpha value is -0.610. The highest BCUT2D eigenvalue weighted by atomic mass is 16.6. The van der Waals surface area contributed by atoms with E-state index >= 15 is 0 Å². The zero-order valence-corrected chi connectivity index (χ0v) is 11.2. The monoisotopic (exact) mass is 232 g/mol. The minimum Gasteiger partial charge on any atom is -0.460 e. The van der Waals surface area contributed by atoms with E-state index in [4.69, 9.17) is 9.47 Å². The smallest absolute Gasteiger partial charge is 0.312 e. The summed E-state index contributed by atoms with van der Waals surface area (Å²) < 4.78 is 10.2. The summed E-state index contributed by atoms with van der Waals surface area (Å²) in [6.45, 7) is 9.03. The van der Waals surface area contributed by atoms with Crippen LogP contribution in [0.25, 0.3) is 0 Å². The van der Waals surface area contributed by atoms with Gasteiger partial charge in [-0.25, -0.2) is 0 Å². The molecule has 0 amide bonds. The van der Waals surface area contributed by atoms with Gasteiger partial charge in [0.15, 0.2) is 0 Å². The summed E-state index contributed by atoms with van der Waals surface area (Å²) >= 11 is 0. The predicted molar refractivity (Wildman–Crippen MR) is 62.1 cm³/mol. The Morgan fingerprint density at radius 3 is 2.19 bits per heavy atom. The first-order chi connectivity index (χ1) is 7.16. The summed E-state index contributed by atoms with van der Waals surface area (Å²) in [6, 6.07) is 0. The van der Waals surface area contributed by atoms with Gasteiger partial charge in [-0.3, -0.25) is 4.79 Å². The molecule has 0 bridgehead atoms. The topological polar surface area (TPSA) is 55.8 Å². The summed E-state index contributed by atoms with van der Waals surface area (Å²) in [4.78, 5) is 11.8. The van der Waals surface area contributed by atoms with Crippen LogP contribution < -0.4 is 0 Å². The second-order valence-electron chi connectivity index (χ2n) is 5.15. The molecule has 2 atom stereocenters. The maximum Gasteiger partial charge on any atom is 0.312 e. The van der Waals surface area contributed by atoms with Crippen LogP contribution in [-0.4, -0.2) is 36.0 Å². The molecule has 4 nitrogen and oxygen atoms in total. The van der Waals surface area contributed by atoms with Crippen LogP contribution in [0.3, 0.4) is 0 Å². The van der Waals surface area contributed by atoms with Crippen LogP contribution >= 0.6 is 0 Å². The molecular weight excluding hydrogens is 208 g/mol. The third kappa shape index (κ3) is 4.49. The molecule has 96 valence electrons. The molecule has 0 aliphatic rings. The summed E-state index contributed by atoms with van der Waals surface area (Å²) in [5, 5.41) is 10.2. The zero-order valence-electron chi connectivity index (χ0n) is 11.2. The van der Waals surface area contributed by atoms with Crippen molar-refractivity contribution in [3.8, 4) is 0 Å². The molecule has 0 saturated carbocycles. The molecule has 16 heavy (non-hydrogen) atoms. The van der Waals surface area contributed by atoms with Gasteiger partial charge >= 0.3 is 5.97 Å². The summed E-state index contributed by atoms with van der Waals surface area (Å²) in [5.41, 5.74) is -1.69. The lowest BCUT2D eigenvalue weighted by Crippen LogP contribution is -2.46. The van der Waals surface area contributed by atoms with Crippen LogP contribution in [0.4, 0.5) is 0 Å². The number of carbonyl (C=O) groups is 1. The molecule has 0 saturated heterocycles. The fourth-order valence-corrected chi connectivity index (χ4v) is 1.39. The van der Waals surface area contributed by atoms with E-state index in [0.29, 0.717) is 6.42 Å². The zero-order chi connectivity index (χ0) is 13.0. The molecule has 0 aromatic rings. The Balaban J connectivity index is 4.63. The first kappa shape index (κ1) is 15.4. The van der Waals surface area contributed by atoms with Gasteiger partial charge in [0, 0.05) is 7.11 Å². The van der Waals surface area contributed by atoms with Gasteiger partial charge in [-0.2, -0.15) is 0 Å². The highest BCUT2D eigenvalue weighted by Crippen LogP contribution is 2.24. The lowest BCUT2D eigenvalue weighted by atomic mass is 9.87. The first-order valence-corrected chi connectivity index (χ1v) is 5.60. The number of rotatable bonds is 5. The van der Waals surface area contributed by atoms with Crippen LogP contribution in [0.2, 0.25) is 0 Å². The fourth-order valence-electron chi connectivity index (χ4n) is 1.39. The second kappa shape index (κ2) is 5.64. The number of ether oxygens (including phenoxy) is 2. The molecule has 0 radical (unpaired) electrons. The van der Waals surface area contributed by atoms with Gasteiger partial charge in [-0.05, 0) is 34.1 Å². The summed E-state index contributed by atoms with van der Waals surface area (Å²) in [6.07, 6.45) is 0.446. The highest BCUT2D eigenvalue weighted by molar-refractivity contribution is 5.73. The molecule has 0 heterocycles. The molecule has 0 spiro atoms. The van der Waals surface area contributed by atoms with E-state index in [9.17, 15) is 9.90 Å². The van der Waals surface area contributed by atoms with Gasteiger partial charge in [0.25, 0.3) is 0 Å². The van der Waals surface area contributed by atoms with Crippen LogP contribution in [-0.2, 0) is 14.3 Å². The maximum atomic E-state index is 11.8. The molecule has 0 aliphatic heterocycles. The number of hydrogen-bond acceptors (Lipinski definition) is 4. The molecule has 1 N–H and O–H groups in total. The molecule has 0 aliphatic carbocycles. The Labute approximate surface area is 97.9 Å². The number of methoxy groups -OCH3 is 1. The Morgan fingerprint density at radius 1 is 1.38 bits per heavy atom. The molecular formula is C12H24O4. The number of aliphatic hydroxyl groups is 1. The van der Waals surface area contributed by atoms with E-state index in [1.165, 1.54) is 7.11 Å². The van der Waals surface area contributed by atoms with Crippen LogP contribution in [0, 0.1) is 5.92 Å². The van der Waals surface area contributed by atoms with Crippen molar-refractivity contribution in [2.75, 3.05) is 13.7 Å².